The maximum atomic E-state index is 6.03. The number of hydrogen-bond acceptors (Lipinski definition) is 6. The Labute approximate surface area is 186 Å². The van der Waals surface area contributed by atoms with Crippen LogP contribution in [0.5, 0.6) is 11.5 Å². The van der Waals surface area contributed by atoms with E-state index in [1.54, 1.807) is 19.2 Å². The number of nitrogens with one attached hydrogen (secondary N) is 2. The Morgan fingerprint density at radius 3 is 2.71 bits per heavy atom. The highest BCUT2D eigenvalue weighted by Gasteiger charge is 2.11. The Morgan fingerprint density at radius 1 is 1.16 bits per heavy atom. The largest absolute Gasteiger partial charge is 0.493 e. The Kier molecular flexibility index (Phi) is 8.12. The molecule has 0 aliphatic heterocycles. The molecule has 2 aromatic carbocycles. The third kappa shape index (κ3) is 6.62. The molecule has 0 saturated carbocycles. The molecule has 0 aliphatic rings. The zero-order valence-electron chi connectivity index (χ0n) is 17.8. The number of halogens is 1. The van der Waals surface area contributed by atoms with Gasteiger partial charge in [0.2, 0.25) is 11.7 Å². The van der Waals surface area contributed by atoms with Gasteiger partial charge in [0.05, 0.1) is 13.7 Å². The number of guanidine groups is 1. The summed E-state index contributed by atoms with van der Waals surface area (Å²) in [7, 11) is 1.62. The van der Waals surface area contributed by atoms with E-state index in [4.69, 9.17) is 25.6 Å². The number of aromatic nitrogens is 2. The van der Waals surface area contributed by atoms with Crippen molar-refractivity contribution in [3.8, 4) is 22.9 Å². The molecule has 3 rings (SSSR count). The third-order valence-corrected chi connectivity index (χ3v) is 4.46. The molecule has 1 heterocycles. The monoisotopic (exact) mass is 443 g/mol. The van der Waals surface area contributed by atoms with Crippen molar-refractivity contribution in [1.29, 1.82) is 0 Å². The zero-order chi connectivity index (χ0) is 22.1. The van der Waals surface area contributed by atoms with E-state index >= 15 is 0 Å². The van der Waals surface area contributed by atoms with Gasteiger partial charge >= 0.3 is 0 Å². The van der Waals surface area contributed by atoms with E-state index in [1.807, 2.05) is 50.2 Å². The van der Waals surface area contributed by atoms with Gasteiger partial charge in [-0.25, -0.2) is 4.99 Å². The number of methoxy groups -OCH3 is 1. The lowest BCUT2D eigenvalue weighted by molar-refractivity contribution is 0.213. The van der Waals surface area contributed by atoms with Crippen molar-refractivity contribution in [2.45, 2.75) is 26.5 Å². The van der Waals surface area contributed by atoms with Crippen molar-refractivity contribution < 1.29 is 14.0 Å². The molecule has 31 heavy (non-hydrogen) atoms. The molecule has 0 spiro atoms. The standard InChI is InChI=1S/C22H26ClN5O3/c1-4-24-22(25-13-15(2)30-19-11-6-5-10-18(19)29-3)26-14-20-27-21(28-31-20)16-8-7-9-17(23)12-16/h5-12,15H,4,13-14H2,1-3H3,(H2,24,25,26). The van der Waals surface area contributed by atoms with Crippen molar-refractivity contribution in [3.05, 3.63) is 59.4 Å². The van der Waals surface area contributed by atoms with Crippen LogP contribution in [-0.4, -0.2) is 42.4 Å². The van der Waals surface area contributed by atoms with Crippen LogP contribution in [0.2, 0.25) is 5.02 Å². The number of ether oxygens (including phenoxy) is 2. The molecular formula is C22H26ClN5O3. The first-order valence-corrected chi connectivity index (χ1v) is 10.4. The van der Waals surface area contributed by atoms with Gasteiger partial charge < -0.3 is 24.6 Å². The predicted octanol–water partition coefficient (Wildman–Crippen LogP) is 3.92. The molecule has 8 nitrogen and oxygen atoms in total. The quantitative estimate of drug-likeness (QED) is 0.382. The molecule has 1 unspecified atom stereocenters. The number of benzene rings is 2. The first-order valence-electron chi connectivity index (χ1n) is 9.99. The minimum Gasteiger partial charge on any atom is -0.493 e. The molecule has 164 valence electrons. The van der Waals surface area contributed by atoms with E-state index in [-0.39, 0.29) is 12.6 Å². The molecule has 0 bridgehead atoms. The lowest BCUT2D eigenvalue weighted by atomic mass is 10.2. The summed E-state index contributed by atoms with van der Waals surface area (Å²) < 4.78 is 16.6. The third-order valence-electron chi connectivity index (χ3n) is 4.22. The fourth-order valence-corrected chi connectivity index (χ4v) is 2.96. The first-order chi connectivity index (χ1) is 15.1. The molecule has 0 aliphatic carbocycles. The molecule has 0 amide bonds. The van der Waals surface area contributed by atoms with E-state index in [0.717, 1.165) is 5.56 Å². The van der Waals surface area contributed by atoms with Gasteiger partial charge in [0, 0.05) is 17.1 Å². The van der Waals surface area contributed by atoms with E-state index < -0.39 is 0 Å². The van der Waals surface area contributed by atoms with Gasteiger partial charge in [-0.1, -0.05) is 41.0 Å². The van der Waals surface area contributed by atoms with Gasteiger partial charge in [0.25, 0.3) is 0 Å². The normalized spacial score (nSPS) is 12.3. The Bertz CT molecular complexity index is 1010. The number of rotatable bonds is 9. The Morgan fingerprint density at radius 2 is 1.97 bits per heavy atom. The fraction of sp³-hybridized carbons (Fsp3) is 0.318. The van der Waals surface area contributed by atoms with Crippen LogP contribution in [0.3, 0.4) is 0 Å². The van der Waals surface area contributed by atoms with E-state index in [9.17, 15) is 0 Å². The molecular weight excluding hydrogens is 418 g/mol. The second kappa shape index (κ2) is 11.2. The van der Waals surface area contributed by atoms with E-state index in [2.05, 4.69) is 25.8 Å². The topological polar surface area (TPSA) is 93.8 Å². The highest BCUT2D eigenvalue weighted by Crippen LogP contribution is 2.26. The summed E-state index contributed by atoms with van der Waals surface area (Å²) in [5.74, 6) is 2.90. The van der Waals surface area contributed by atoms with Crippen LogP contribution in [-0.2, 0) is 6.54 Å². The summed E-state index contributed by atoms with van der Waals surface area (Å²) >= 11 is 6.03. The predicted molar refractivity (Wildman–Crippen MR) is 121 cm³/mol. The van der Waals surface area contributed by atoms with Crippen molar-refractivity contribution in [1.82, 2.24) is 20.8 Å². The van der Waals surface area contributed by atoms with Crippen LogP contribution in [0.15, 0.2) is 58.0 Å². The Balaban J connectivity index is 1.57. The summed E-state index contributed by atoms with van der Waals surface area (Å²) in [4.78, 5) is 8.90. The molecule has 1 atom stereocenters. The van der Waals surface area contributed by atoms with Crippen LogP contribution >= 0.6 is 11.6 Å². The zero-order valence-corrected chi connectivity index (χ0v) is 18.5. The van der Waals surface area contributed by atoms with Gasteiger partial charge in [-0.3, -0.25) is 0 Å². The van der Waals surface area contributed by atoms with Gasteiger partial charge in [-0.05, 0) is 38.1 Å². The van der Waals surface area contributed by atoms with Gasteiger partial charge in [-0.15, -0.1) is 0 Å². The Hall–Kier alpha value is -3.26. The SMILES string of the molecule is CCNC(=NCc1nc(-c2cccc(Cl)c2)no1)NCC(C)Oc1ccccc1OC. The minimum absolute atomic E-state index is 0.113. The van der Waals surface area contributed by atoms with Crippen molar-refractivity contribution in [2.75, 3.05) is 20.2 Å². The highest BCUT2D eigenvalue weighted by atomic mass is 35.5. The average Bonchev–Trinajstić information content (AvgIpc) is 3.25. The van der Waals surface area contributed by atoms with Gasteiger partial charge in [0.15, 0.2) is 17.5 Å². The minimum atomic E-state index is -0.113. The van der Waals surface area contributed by atoms with Crippen LogP contribution in [0.25, 0.3) is 11.4 Å². The van der Waals surface area contributed by atoms with Crippen LogP contribution in [0.4, 0.5) is 0 Å². The summed E-state index contributed by atoms with van der Waals surface area (Å²) in [6.45, 7) is 5.46. The van der Waals surface area contributed by atoms with E-state index in [1.165, 1.54) is 0 Å². The lowest BCUT2D eigenvalue weighted by Crippen LogP contribution is -2.41. The highest BCUT2D eigenvalue weighted by molar-refractivity contribution is 6.30. The molecule has 0 fully saturated rings. The summed E-state index contributed by atoms with van der Waals surface area (Å²) in [6, 6.07) is 14.8. The smallest absolute Gasteiger partial charge is 0.248 e. The average molecular weight is 444 g/mol. The number of aliphatic imine (C=N–C) groups is 1. The fourth-order valence-electron chi connectivity index (χ4n) is 2.77. The van der Waals surface area contributed by atoms with Crippen molar-refractivity contribution >= 4 is 17.6 Å². The number of para-hydroxylation sites is 2. The lowest BCUT2D eigenvalue weighted by Gasteiger charge is -2.18. The second-order valence-electron chi connectivity index (χ2n) is 6.68. The molecule has 3 aromatic rings. The maximum Gasteiger partial charge on any atom is 0.248 e. The number of nitrogens with zero attached hydrogens (tertiary/aromatic N) is 3. The molecule has 0 radical (unpaired) electrons. The van der Waals surface area contributed by atoms with Crippen molar-refractivity contribution in [3.63, 3.8) is 0 Å². The first kappa shape index (κ1) is 22.4. The van der Waals surface area contributed by atoms with Gasteiger partial charge in [0.1, 0.15) is 12.6 Å². The maximum absolute atomic E-state index is 6.03. The second-order valence-corrected chi connectivity index (χ2v) is 7.11. The van der Waals surface area contributed by atoms with Crippen LogP contribution in [0, 0.1) is 0 Å². The molecule has 9 heteroatoms. The van der Waals surface area contributed by atoms with Crippen LogP contribution in [0.1, 0.15) is 19.7 Å². The number of hydrogen-bond donors (Lipinski definition) is 2. The summed E-state index contributed by atoms with van der Waals surface area (Å²) in [6.07, 6.45) is -0.113. The molecule has 0 saturated heterocycles. The summed E-state index contributed by atoms with van der Waals surface area (Å²) in [5, 5.41) is 11.1. The van der Waals surface area contributed by atoms with Crippen LogP contribution < -0.4 is 20.1 Å². The van der Waals surface area contributed by atoms with Gasteiger partial charge in [-0.2, -0.15) is 4.98 Å². The molecule has 2 N–H and O–H groups in total. The van der Waals surface area contributed by atoms with Crippen molar-refractivity contribution in [2.24, 2.45) is 4.99 Å². The van der Waals surface area contributed by atoms with E-state index in [0.29, 0.717) is 47.3 Å². The summed E-state index contributed by atoms with van der Waals surface area (Å²) in [5.41, 5.74) is 0.791. The molecule has 1 aromatic heterocycles.